The number of nitro groups is 1. The van der Waals surface area contributed by atoms with E-state index in [9.17, 15) is 31.7 Å². The zero-order chi connectivity index (χ0) is 18.7. The highest BCUT2D eigenvalue weighted by atomic mass is 32.2. The molecule has 0 aliphatic carbocycles. The predicted octanol–water partition coefficient (Wildman–Crippen LogP) is 3.23. The summed E-state index contributed by atoms with van der Waals surface area (Å²) >= 11 is 0. The van der Waals surface area contributed by atoms with Crippen LogP contribution < -0.4 is 4.72 Å². The molecule has 6 nitrogen and oxygen atoms in total. The van der Waals surface area contributed by atoms with Crippen LogP contribution in [0.2, 0.25) is 0 Å². The number of halogens is 3. The summed E-state index contributed by atoms with van der Waals surface area (Å²) in [6, 6.07) is 9.60. The lowest BCUT2D eigenvalue weighted by Gasteiger charge is -2.10. The van der Waals surface area contributed by atoms with E-state index in [1.54, 1.807) is 0 Å². The number of nitrogens with zero attached hydrogens (tertiary/aromatic N) is 1. The van der Waals surface area contributed by atoms with Gasteiger partial charge in [-0.05, 0) is 11.6 Å². The standard InChI is InChI=1S/C15H13F3N2O4S/c16-15(17,18)13-6-3-4-11(8-13)9-19-25(23,24)10-12-5-1-2-7-14(12)20(21)22/h1-8,19H,9-10H2. The van der Waals surface area contributed by atoms with Crippen molar-refractivity contribution in [1.29, 1.82) is 0 Å². The molecule has 1 N–H and O–H groups in total. The normalized spacial score (nSPS) is 12.1. The quantitative estimate of drug-likeness (QED) is 0.621. The first kappa shape index (κ1) is 18.9. The lowest BCUT2D eigenvalue weighted by atomic mass is 10.1. The van der Waals surface area contributed by atoms with Crippen molar-refractivity contribution in [2.45, 2.75) is 18.5 Å². The molecule has 0 fully saturated rings. The summed E-state index contributed by atoms with van der Waals surface area (Å²) in [5, 5.41) is 10.9. The molecular formula is C15H13F3N2O4S. The van der Waals surface area contributed by atoms with Gasteiger partial charge in [0.25, 0.3) is 5.69 Å². The number of alkyl halides is 3. The Balaban J connectivity index is 2.12. The number of hydrogen-bond acceptors (Lipinski definition) is 4. The second kappa shape index (κ2) is 7.19. The van der Waals surface area contributed by atoms with E-state index in [1.165, 1.54) is 36.4 Å². The Morgan fingerprint density at radius 3 is 2.40 bits per heavy atom. The first-order valence-electron chi connectivity index (χ1n) is 6.94. The summed E-state index contributed by atoms with van der Waals surface area (Å²) in [6.07, 6.45) is -4.53. The fourth-order valence-electron chi connectivity index (χ4n) is 2.12. The van der Waals surface area contributed by atoms with Gasteiger partial charge >= 0.3 is 6.18 Å². The second-order valence-electron chi connectivity index (χ2n) is 5.16. The first-order valence-corrected chi connectivity index (χ1v) is 8.59. The van der Waals surface area contributed by atoms with Crippen LogP contribution >= 0.6 is 0 Å². The van der Waals surface area contributed by atoms with Crippen LogP contribution in [-0.4, -0.2) is 13.3 Å². The van der Waals surface area contributed by atoms with E-state index in [0.29, 0.717) is 0 Å². The Morgan fingerprint density at radius 2 is 1.76 bits per heavy atom. The van der Waals surface area contributed by atoms with Crippen molar-refractivity contribution in [2.75, 3.05) is 0 Å². The number of nitrogens with one attached hydrogen (secondary N) is 1. The SMILES string of the molecule is O=[N+]([O-])c1ccccc1CS(=O)(=O)NCc1cccc(C(F)(F)F)c1. The topological polar surface area (TPSA) is 89.3 Å². The van der Waals surface area contributed by atoms with E-state index in [-0.39, 0.29) is 23.4 Å². The molecule has 2 rings (SSSR count). The lowest BCUT2D eigenvalue weighted by molar-refractivity contribution is -0.385. The molecule has 2 aromatic rings. The molecule has 25 heavy (non-hydrogen) atoms. The zero-order valence-electron chi connectivity index (χ0n) is 12.7. The molecule has 0 aliphatic heterocycles. The van der Waals surface area contributed by atoms with Gasteiger partial charge in [0.05, 0.1) is 16.2 Å². The highest BCUT2D eigenvalue weighted by Gasteiger charge is 2.30. The smallest absolute Gasteiger partial charge is 0.258 e. The molecule has 0 bridgehead atoms. The number of hydrogen-bond donors (Lipinski definition) is 1. The fourth-order valence-corrected chi connectivity index (χ4v) is 3.26. The zero-order valence-corrected chi connectivity index (χ0v) is 13.5. The van der Waals surface area contributed by atoms with Crippen molar-refractivity contribution in [3.8, 4) is 0 Å². The number of rotatable bonds is 6. The van der Waals surface area contributed by atoms with Crippen LogP contribution in [0.15, 0.2) is 48.5 Å². The average molecular weight is 374 g/mol. The molecule has 0 saturated carbocycles. The van der Waals surface area contributed by atoms with Gasteiger partial charge in [-0.2, -0.15) is 13.2 Å². The van der Waals surface area contributed by atoms with Crippen LogP contribution in [0, 0.1) is 10.1 Å². The summed E-state index contributed by atoms with van der Waals surface area (Å²) in [4.78, 5) is 10.2. The van der Waals surface area contributed by atoms with Crippen LogP contribution in [0.4, 0.5) is 18.9 Å². The minimum Gasteiger partial charge on any atom is -0.258 e. The maximum Gasteiger partial charge on any atom is 0.416 e. The van der Waals surface area contributed by atoms with Crippen molar-refractivity contribution in [3.05, 3.63) is 75.3 Å². The lowest BCUT2D eigenvalue weighted by Crippen LogP contribution is -2.25. The van der Waals surface area contributed by atoms with E-state index in [2.05, 4.69) is 4.72 Å². The maximum atomic E-state index is 12.6. The van der Waals surface area contributed by atoms with Crippen LogP contribution in [0.5, 0.6) is 0 Å². The Morgan fingerprint density at radius 1 is 1.08 bits per heavy atom. The van der Waals surface area contributed by atoms with Gasteiger partial charge in [-0.1, -0.05) is 36.4 Å². The average Bonchev–Trinajstić information content (AvgIpc) is 2.52. The van der Waals surface area contributed by atoms with Gasteiger partial charge in [0.15, 0.2) is 0 Å². The summed E-state index contributed by atoms with van der Waals surface area (Å²) < 4.78 is 64.2. The van der Waals surface area contributed by atoms with Gasteiger partial charge in [-0.25, -0.2) is 13.1 Å². The van der Waals surface area contributed by atoms with Gasteiger partial charge in [0.2, 0.25) is 10.0 Å². The number of para-hydroxylation sites is 1. The maximum absolute atomic E-state index is 12.6. The fraction of sp³-hybridized carbons (Fsp3) is 0.200. The third-order valence-corrected chi connectivity index (χ3v) is 4.56. The minimum absolute atomic E-state index is 0.0101. The highest BCUT2D eigenvalue weighted by Crippen LogP contribution is 2.29. The molecule has 134 valence electrons. The summed E-state index contributed by atoms with van der Waals surface area (Å²) in [6.45, 7) is -0.354. The summed E-state index contributed by atoms with van der Waals surface area (Å²) in [5.74, 6) is -0.650. The van der Waals surface area contributed by atoms with Crippen LogP contribution in [-0.2, 0) is 28.5 Å². The van der Waals surface area contributed by atoms with E-state index in [1.807, 2.05) is 0 Å². The van der Waals surface area contributed by atoms with Crippen LogP contribution in [0.3, 0.4) is 0 Å². The van der Waals surface area contributed by atoms with Gasteiger partial charge in [0, 0.05) is 18.2 Å². The number of sulfonamides is 1. The molecule has 0 spiro atoms. The minimum atomic E-state index is -4.53. The van der Waals surface area contributed by atoms with Crippen molar-refractivity contribution in [2.24, 2.45) is 0 Å². The molecule has 0 saturated heterocycles. The van der Waals surface area contributed by atoms with Crippen LogP contribution in [0.25, 0.3) is 0 Å². The van der Waals surface area contributed by atoms with Crippen molar-refractivity contribution in [3.63, 3.8) is 0 Å². The number of benzene rings is 2. The molecular weight excluding hydrogens is 361 g/mol. The van der Waals surface area contributed by atoms with Crippen molar-refractivity contribution in [1.82, 2.24) is 4.72 Å². The monoisotopic (exact) mass is 374 g/mol. The molecule has 0 amide bonds. The van der Waals surface area contributed by atoms with Gasteiger partial charge in [-0.15, -0.1) is 0 Å². The molecule has 0 aliphatic rings. The van der Waals surface area contributed by atoms with Crippen molar-refractivity contribution < 1.29 is 26.5 Å². The van der Waals surface area contributed by atoms with Gasteiger partial charge in [0.1, 0.15) is 0 Å². The third-order valence-electron chi connectivity index (χ3n) is 3.28. The van der Waals surface area contributed by atoms with E-state index in [0.717, 1.165) is 12.1 Å². The molecule has 0 aromatic heterocycles. The Hall–Kier alpha value is -2.46. The second-order valence-corrected chi connectivity index (χ2v) is 6.97. The van der Waals surface area contributed by atoms with E-state index >= 15 is 0 Å². The molecule has 2 aromatic carbocycles. The van der Waals surface area contributed by atoms with E-state index in [4.69, 9.17) is 0 Å². The first-order chi connectivity index (χ1) is 11.6. The van der Waals surface area contributed by atoms with E-state index < -0.39 is 32.4 Å². The van der Waals surface area contributed by atoms with Gasteiger partial charge < -0.3 is 0 Å². The molecule has 10 heteroatoms. The number of nitro benzene ring substituents is 1. The van der Waals surface area contributed by atoms with Crippen LogP contribution in [0.1, 0.15) is 16.7 Å². The third kappa shape index (κ3) is 5.26. The van der Waals surface area contributed by atoms with Crippen molar-refractivity contribution >= 4 is 15.7 Å². The predicted molar refractivity (Wildman–Crippen MR) is 84.0 cm³/mol. The summed E-state index contributed by atoms with van der Waals surface area (Å²) in [5.41, 5.74) is -1.11. The molecule has 0 unspecified atom stereocenters. The molecule has 0 atom stereocenters. The Bertz CT molecular complexity index is 882. The Kier molecular flexibility index (Phi) is 5.43. The molecule has 0 radical (unpaired) electrons. The van der Waals surface area contributed by atoms with Gasteiger partial charge in [-0.3, -0.25) is 10.1 Å². The molecule has 0 heterocycles. The largest absolute Gasteiger partial charge is 0.416 e. The Labute approximate surface area is 141 Å². The summed E-state index contributed by atoms with van der Waals surface area (Å²) in [7, 11) is -3.97. The highest BCUT2D eigenvalue weighted by molar-refractivity contribution is 7.88.